The van der Waals surface area contributed by atoms with Crippen molar-refractivity contribution in [1.82, 2.24) is 10.2 Å². The molecule has 0 fully saturated rings. The fourth-order valence-electron chi connectivity index (χ4n) is 3.24. The minimum absolute atomic E-state index is 0.167. The molecule has 0 aliphatic rings. The van der Waals surface area contributed by atoms with Crippen molar-refractivity contribution in [3.05, 3.63) is 58.6 Å². The average Bonchev–Trinajstić information content (AvgIpc) is 2.78. The zero-order chi connectivity index (χ0) is 23.7. The topological polar surface area (TPSA) is 67.9 Å². The largest absolute Gasteiger partial charge is 0.497 e. The molecule has 0 saturated carbocycles. The molecule has 7 heteroatoms. The van der Waals surface area contributed by atoms with Gasteiger partial charge >= 0.3 is 0 Å². The number of methoxy groups -OCH3 is 1. The summed E-state index contributed by atoms with van der Waals surface area (Å²) in [7, 11) is 1.60. The third kappa shape index (κ3) is 7.45. The van der Waals surface area contributed by atoms with Gasteiger partial charge in [0, 0.05) is 18.1 Å². The minimum Gasteiger partial charge on any atom is -0.497 e. The quantitative estimate of drug-likeness (QED) is 0.531. The first-order chi connectivity index (χ1) is 15.2. The zero-order valence-corrected chi connectivity index (χ0v) is 20.2. The van der Waals surface area contributed by atoms with E-state index in [-0.39, 0.29) is 25.0 Å². The van der Waals surface area contributed by atoms with E-state index in [9.17, 15) is 9.59 Å². The fraction of sp³-hybridized carbons (Fsp3) is 0.440. The Morgan fingerprint density at radius 1 is 1.12 bits per heavy atom. The van der Waals surface area contributed by atoms with Gasteiger partial charge in [0.25, 0.3) is 5.91 Å². The van der Waals surface area contributed by atoms with Crippen molar-refractivity contribution in [3.63, 3.8) is 0 Å². The number of hydrogen-bond donors (Lipinski definition) is 1. The van der Waals surface area contributed by atoms with Crippen LogP contribution in [0.1, 0.15) is 38.3 Å². The van der Waals surface area contributed by atoms with Crippen LogP contribution < -0.4 is 14.8 Å². The van der Waals surface area contributed by atoms with Crippen LogP contribution in [0.15, 0.2) is 42.5 Å². The summed E-state index contributed by atoms with van der Waals surface area (Å²) in [6.45, 7) is 8.47. The molecule has 0 spiro atoms. The maximum Gasteiger partial charge on any atom is 0.261 e. The van der Waals surface area contributed by atoms with Crippen LogP contribution in [0.4, 0.5) is 0 Å². The van der Waals surface area contributed by atoms with Gasteiger partial charge in [-0.3, -0.25) is 9.59 Å². The molecule has 0 aromatic heterocycles. The lowest BCUT2D eigenvalue weighted by Crippen LogP contribution is -2.50. The fourth-order valence-corrected chi connectivity index (χ4v) is 3.36. The van der Waals surface area contributed by atoms with Gasteiger partial charge in [-0.1, -0.05) is 44.5 Å². The molecular weight excluding hydrogens is 428 g/mol. The highest BCUT2D eigenvalue weighted by Gasteiger charge is 2.29. The van der Waals surface area contributed by atoms with E-state index in [4.69, 9.17) is 21.1 Å². The molecule has 0 heterocycles. The Labute approximate surface area is 195 Å². The van der Waals surface area contributed by atoms with E-state index in [0.717, 1.165) is 11.1 Å². The van der Waals surface area contributed by atoms with Crippen molar-refractivity contribution in [2.45, 2.75) is 46.7 Å². The van der Waals surface area contributed by atoms with E-state index < -0.39 is 6.04 Å². The maximum atomic E-state index is 13.2. The number of aryl methyl sites for hydroxylation is 1. The molecule has 0 unspecified atom stereocenters. The molecule has 0 saturated heterocycles. The summed E-state index contributed by atoms with van der Waals surface area (Å²) in [5, 5.41) is 3.59. The molecule has 1 atom stereocenters. The standard InChI is InChI=1S/C25H33ClN2O4/c1-6-23(25(30)27-14-17(2)3)28(15-19-8-7-9-20(13-19)31-5)24(29)16-32-21-10-11-22(26)18(4)12-21/h7-13,17,23H,6,14-16H2,1-5H3,(H,27,30)/t23-/m0/s1. The van der Waals surface area contributed by atoms with Crippen LogP contribution >= 0.6 is 11.6 Å². The molecule has 2 rings (SSSR count). The van der Waals surface area contributed by atoms with Crippen LogP contribution in [0, 0.1) is 12.8 Å². The summed E-state index contributed by atoms with van der Waals surface area (Å²) in [5.41, 5.74) is 1.74. The Kier molecular flexibility index (Phi) is 9.85. The van der Waals surface area contributed by atoms with E-state index in [2.05, 4.69) is 5.32 Å². The number of hydrogen-bond acceptors (Lipinski definition) is 4. The Bertz CT molecular complexity index is 917. The first-order valence-corrected chi connectivity index (χ1v) is 11.2. The normalized spacial score (nSPS) is 11.7. The van der Waals surface area contributed by atoms with Gasteiger partial charge in [-0.15, -0.1) is 0 Å². The number of amides is 2. The second-order valence-corrected chi connectivity index (χ2v) is 8.54. The van der Waals surface area contributed by atoms with Crippen LogP contribution in [0.3, 0.4) is 0 Å². The van der Waals surface area contributed by atoms with Crippen molar-refractivity contribution >= 4 is 23.4 Å². The molecule has 2 aromatic carbocycles. The number of ether oxygens (including phenoxy) is 2. The van der Waals surface area contributed by atoms with Crippen LogP contribution in [0.2, 0.25) is 5.02 Å². The molecule has 0 bridgehead atoms. The van der Waals surface area contributed by atoms with Gasteiger partial charge in [-0.2, -0.15) is 0 Å². The molecule has 2 amide bonds. The second kappa shape index (κ2) is 12.3. The number of halogens is 1. The number of rotatable bonds is 11. The van der Waals surface area contributed by atoms with E-state index in [1.54, 1.807) is 30.2 Å². The van der Waals surface area contributed by atoms with Crippen molar-refractivity contribution < 1.29 is 19.1 Å². The molecule has 2 aromatic rings. The molecule has 1 N–H and O–H groups in total. The molecule has 0 aliphatic carbocycles. The van der Waals surface area contributed by atoms with Gasteiger partial charge < -0.3 is 19.7 Å². The molecule has 174 valence electrons. The number of carbonyl (C=O) groups is 2. The lowest BCUT2D eigenvalue weighted by atomic mass is 10.1. The van der Waals surface area contributed by atoms with Crippen LogP contribution in [-0.2, 0) is 16.1 Å². The van der Waals surface area contributed by atoms with Gasteiger partial charge in [0.2, 0.25) is 5.91 Å². The summed E-state index contributed by atoms with van der Waals surface area (Å²) >= 11 is 6.07. The van der Waals surface area contributed by atoms with Gasteiger partial charge in [0.15, 0.2) is 6.61 Å². The van der Waals surface area contributed by atoms with Crippen molar-refractivity contribution in [2.75, 3.05) is 20.3 Å². The molecular formula is C25H33ClN2O4. The number of benzene rings is 2. The zero-order valence-electron chi connectivity index (χ0n) is 19.5. The number of carbonyl (C=O) groups excluding carboxylic acids is 2. The van der Waals surface area contributed by atoms with E-state index >= 15 is 0 Å². The SMILES string of the molecule is CC[C@@H](C(=O)NCC(C)C)N(Cc1cccc(OC)c1)C(=O)COc1ccc(Cl)c(C)c1. The van der Waals surface area contributed by atoms with Crippen molar-refractivity contribution in [2.24, 2.45) is 5.92 Å². The summed E-state index contributed by atoms with van der Waals surface area (Å²) in [6, 6.07) is 12.1. The van der Waals surface area contributed by atoms with E-state index in [1.807, 2.05) is 52.0 Å². The van der Waals surface area contributed by atoms with Crippen LogP contribution in [0.5, 0.6) is 11.5 Å². The highest BCUT2D eigenvalue weighted by molar-refractivity contribution is 6.31. The van der Waals surface area contributed by atoms with Gasteiger partial charge in [0.05, 0.1) is 7.11 Å². The van der Waals surface area contributed by atoms with E-state index in [1.165, 1.54) is 0 Å². The monoisotopic (exact) mass is 460 g/mol. The molecule has 0 aliphatic heterocycles. The lowest BCUT2D eigenvalue weighted by Gasteiger charge is -2.31. The Morgan fingerprint density at radius 3 is 2.50 bits per heavy atom. The third-order valence-electron chi connectivity index (χ3n) is 5.05. The Morgan fingerprint density at radius 2 is 1.88 bits per heavy atom. The van der Waals surface area contributed by atoms with Crippen LogP contribution in [-0.4, -0.2) is 43.0 Å². The maximum absolute atomic E-state index is 13.2. The highest BCUT2D eigenvalue weighted by Crippen LogP contribution is 2.22. The van der Waals surface area contributed by atoms with Crippen molar-refractivity contribution in [1.29, 1.82) is 0 Å². The number of nitrogens with one attached hydrogen (secondary N) is 1. The summed E-state index contributed by atoms with van der Waals surface area (Å²) < 4.78 is 11.0. The lowest BCUT2D eigenvalue weighted by molar-refractivity contribution is -0.143. The number of nitrogens with zero attached hydrogens (tertiary/aromatic N) is 1. The molecule has 32 heavy (non-hydrogen) atoms. The van der Waals surface area contributed by atoms with Gasteiger partial charge in [-0.25, -0.2) is 0 Å². The summed E-state index contributed by atoms with van der Waals surface area (Å²) in [4.78, 5) is 27.7. The predicted octanol–water partition coefficient (Wildman–Crippen LogP) is 4.62. The first-order valence-electron chi connectivity index (χ1n) is 10.8. The predicted molar refractivity (Wildman–Crippen MR) is 127 cm³/mol. The first kappa shape index (κ1) is 25.5. The molecule has 6 nitrogen and oxygen atoms in total. The smallest absolute Gasteiger partial charge is 0.261 e. The average molecular weight is 461 g/mol. The van der Waals surface area contributed by atoms with Gasteiger partial charge in [-0.05, 0) is 60.7 Å². The Balaban J connectivity index is 2.22. The summed E-state index contributed by atoms with van der Waals surface area (Å²) in [6.07, 6.45) is 0.486. The van der Waals surface area contributed by atoms with Crippen LogP contribution in [0.25, 0.3) is 0 Å². The molecule has 0 radical (unpaired) electrons. The Hall–Kier alpha value is -2.73. The van der Waals surface area contributed by atoms with Crippen molar-refractivity contribution in [3.8, 4) is 11.5 Å². The summed E-state index contributed by atoms with van der Waals surface area (Å²) in [5.74, 6) is 1.13. The third-order valence-corrected chi connectivity index (χ3v) is 5.47. The second-order valence-electron chi connectivity index (χ2n) is 8.14. The van der Waals surface area contributed by atoms with E-state index in [0.29, 0.717) is 35.4 Å². The van der Waals surface area contributed by atoms with Gasteiger partial charge in [0.1, 0.15) is 17.5 Å². The minimum atomic E-state index is -0.608. The highest BCUT2D eigenvalue weighted by atomic mass is 35.5.